The number of nitrogens with one attached hydrogen (secondary N) is 3. The fourth-order valence-corrected chi connectivity index (χ4v) is 2.18. The summed E-state index contributed by atoms with van der Waals surface area (Å²) >= 11 is 0. The smallest absolute Gasteiger partial charge is 0.344 e. The zero-order valence-electron chi connectivity index (χ0n) is 18.5. The van der Waals surface area contributed by atoms with Gasteiger partial charge in [-0.05, 0) is 0 Å². The Balaban J connectivity index is -0.000000299. The van der Waals surface area contributed by atoms with E-state index in [4.69, 9.17) is 1.41 Å². The summed E-state index contributed by atoms with van der Waals surface area (Å²) in [5, 5.41) is 2.54. The Morgan fingerprint density at radius 2 is 1.48 bits per heavy atom. The van der Waals surface area contributed by atoms with Crippen molar-refractivity contribution in [2.75, 3.05) is 7.05 Å². The van der Waals surface area contributed by atoms with Gasteiger partial charge in [0.2, 0.25) is 17.9 Å². The van der Waals surface area contributed by atoms with Gasteiger partial charge in [-0.3, -0.25) is 33.6 Å². The third-order valence-electron chi connectivity index (χ3n) is 3.66. The van der Waals surface area contributed by atoms with E-state index >= 15 is 0 Å². The average molecular weight is 481 g/mol. The Hall–Kier alpha value is -3.72. The van der Waals surface area contributed by atoms with Crippen molar-refractivity contribution < 1.29 is 50.8 Å². The molecule has 1 aliphatic carbocycles. The van der Waals surface area contributed by atoms with Gasteiger partial charge in [-0.2, -0.15) is 0 Å². The second-order valence-electron chi connectivity index (χ2n) is 5.91. The highest BCUT2D eigenvalue weighted by Crippen LogP contribution is 2.16. The molecular weight excluding hydrogens is 446 g/mol. The first-order valence-corrected chi connectivity index (χ1v) is 8.54. The van der Waals surface area contributed by atoms with E-state index in [-0.39, 0.29) is 54.5 Å². The number of ketones is 2. The molecule has 1 heterocycles. The summed E-state index contributed by atoms with van der Waals surface area (Å²) in [6.07, 6.45) is -2.81. The Bertz CT molecular complexity index is 729. The molecule has 15 nitrogen and oxygen atoms in total. The molecule has 6 N–H and O–H groups in total. The van der Waals surface area contributed by atoms with E-state index in [1.54, 1.807) is 5.43 Å². The van der Waals surface area contributed by atoms with Gasteiger partial charge in [-0.15, -0.1) is 6.48 Å². The van der Waals surface area contributed by atoms with Crippen LogP contribution in [0.5, 0.6) is 0 Å². The van der Waals surface area contributed by atoms with Crippen molar-refractivity contribution in [3.63, 3.8) is 0 Å². The monoisotopic (exact) mass is 481 g/mol. The second kappa shape index (κ2) is 16.0. The molecule has 2 fully saturated rings. The largest absolute Gasteiger partial charge is 1.00 e. The lowest BCUT2D eigenvalue weighted by Crippen LogP contribution is -2.34. The Morgan fingerprint density at radius 1 is 0.970 bits per heavy atom. The summed E-state index contributed by atoms with van der Waals surface area (Å²) in [6, 6.07) is 0. The van der Waals surface area contributed by atoms with Crippen LogP contribution in [0.25, 0.3) is 5.84 Å². The van der Waals surface area contributed by atoms with E-state index in [1.165, 1.54) is 7.05 Å². The van der Waals surface area contributed by atoms with Crippen LogP contribution >= 0.6 is 0 Å². The summed E-state index contributed by atoms with van der Waals surface area (Å²) in [4.78, 5) is 93.0. The molecular formula is C18H31N5O10-2. The Morgan fingerprint density at radius 3 is 1.94 bits per heavy atom. The first-order chi connectivity index (χ1) is 14.6. The molecule has 0 aromatic heterocycles. The maximum atomic E-state index is 11.4. The van der Waals surface area contributed by atoms with Crippen LogP contribution in [0.1, 0.15) is 54.8 Å². The number of rotatable bonds is 7. The number of nitrogens with zero attached hydrogens (tertiary/aromatic N) is 1. The van der Waals surface area contributed by atoms with Crippen molar-refractivity contribution in [2.45, 2.75) is 59.5 Å². The lowest BCUT2D eigenvalue weighted by atomic mass is 10.3. The van der Waals surface area contributed by atoms with Crippen LogP contribution in [-0.4, -0.2) is 65.3 Å². The summed E-state index contributed by atoms with van der Waals surface area (Å²) in [7, 11) is 1.42. The number of hydrogen-bond donors (Lipinski definition) is 3. The van der Waals surface area contributed by atoms with Crippen molar-refractivity contribution in [3.8, 4) is 0 Å². The molecule has 1 saturated heterocycles. The first kappa shape index (κ1) is 31.5. The summed E-state index contributed by atoms with van der Waals surface area (Å²) in [6.45, 7) is 0. The summed E-state index contributed by atoms with van der Waals surface area (Å²) < 4.78 is 10.8. The molecule has 0 unspecified atom stereocenters. The Kier molecular flexibility index (Phi) is 15.2. The predicted molar refractivity (Wildman–Crippen MR) is 112 cm³/mol. The van der Waals surface area contributed by atoms with Gasteiger partial charge in [0.05, 0.1) is 0 Å². The highest BCUT2D eigenvalue weighted by atomic mass is 16.7. The molecule has 1 saturated carbocycles. The highest BCUT2D eigenvalue weighted by molar-refractivity contribution is 6.12. The minimum absolute atomic E-state index is 0. The van der Waals surface area contributed by atoms with Gasteiger partial charge in [0.1, 0.15) is 12.8 Å². The van der Waals surface area contributed by atoms with Crippen molar-refractivity contribution in [1.82, 2.24) is 22.0 Å². The van der Waals surface area contributed by atoms with Gasteiger partial charge in [-0.25, -0.2) is 4.79 Å². The number of hydroxylamine groups is 2. The molecule has 0 radical (unpaired) electrons. The van der Waals surface area contributed by atoms with Gasteiger partial charge in [-0.1, -0.05) is 14.9 Å². The van der Waals surface area contributed by atoms with E-state index in [0.29, 0.717) is 5.06 Å². The molecule has 2 rings (SSSR count). The quantitative estimate of drug-likeness (QED) is 0.182. The van der Waals surface area contributed by atoms with Gasteiger partial charge in [0, 0.05) is 32.7 Å². The number of ether oxygens (including phenoxy) is 1. The minimum Gasteiger partial charge on any atom is -1.00 e. The fraction of sp³-hybridized carbons (Fsp3) is 0.556. The van der Waals surface area contributed by atoms with Crippen molar-refractivity contribution in [2.24, 2.45) is 0 Å². The van der Waals surface area contributed by atoms with E-state index in [1.807, 2.05) is 0 Å². The topological polar surface area (TPSA) is 241 Å². The van der Waals surface area contributed by atoms with Crippen molar-refractivity contribution in [1.29, 1.82) is 0 Å². The lowest BCUT2D eigenvalue weighted by Gasteiger charge is -2.13. The molecule has 0 spiro atoms. The molecule has 0 atom stereocenters. The van der Waals surface area contributed by atoms with Crippen LogP contribution in [0.4, 0.5) is 0 Å². The van der Waals surface area contributed by atoms with Crippen LogP contribution in [-0.2, 0) is 47.9 Å². The van der Waals surface area contributed by atoms with E-state index in [9.17, 15) is 38.4 Å². The summed E-state index contributed by atoms with van der Waals surface area (Å²) in [5.41, 5.74) is 1.80. The number of imide groups is 1. The van der Waals surface area contributed by atoms with E-state index < -0.39 is 59.7 Å². The molecule has 15 heteroatoms. The van der Waals surface area contributed by atoms with E-state index in [2.05, 4.69) is 20.7 Å². The first-order valence-electron chi connectivity index (χ1n) is 8.98. The third-order valence-corrected chi connectivity index (χ3v) is 3.66. The van der Waals surface area contributed by atoms with Crippen molar-refractivity contribution in [3.05, 3.63) is 5.84 Å². The number of carbonyl (C=O) groups excluding carboxylic acids is 8. The SMILES string of the molecule is C.C.N.O=C(CC(=O)ON1C(=O)CCC1=O)OC1C(=O)CCC1=O.[3H-].[3H][N-]NC(=O)CC(=O)NC. The molecule has 0 bridgehead atoms. The molecule has 0 aromatic rings. The predicted octanol–water partition coefficient (Wildman–Crippen LogP) is -0.420. The van der Waals surface area contributed by atoms with Crippen LogP contribution in [0.15, 0.2) is 0 Å². The molecule has 1 aliphatic heterocycles. The maximum Gasteiger partial charge on any atom is 0.344 e. The number of carbonyl (C=O) groups is 8. The molecule has 190 valence electrons. The van der Waals surface area contributed by atoms with Crippen LogP contribution in [0, 0.1) is 0 Å². The zero-order valence-corrected chi connectivity index (χ0v) is 16.5. The third kappa shape index (κ3) is 10.9. The lowest BCUT2D eigenvalue weighted by molar-refractivity contribution is -0.199. The second-order valence-corrected chi connectivity index (χ2v) is 5.91. The number of amides is 4. The minimum atomic E-state index is -1.47. The van der Waals surface area contributed by atoms with Gasteiger partial charge in [0.15, 0.2) is 11.6 Å². The highest BCUT2D eigenvalue weighted by Gasteiger charge is 2.37. The fourth-order valence-electron chi connectivity index (χ4n) is 2.18. The molecule has 33 heavy (non-hydrogen) atoms. The van der Waals surface area contributed by atoms with E-state index in [0.717, 1.165) is 0 Å². The van der Waals surface area contributed by atoms with Crippen LogP contribution < -0.4 is 16.9 Å². The standard InChI is InChI=1S/C12H11NO8.C4H8N3O2.2CH4.H3N.H/c14-6-1-2-7(15)12(6)20-10(18)5-11(19)21-13-8(16)3-4-9(13)17;1-6-3(8)2-4(9)7-5;;;;/h12H,1-5H2;5H,2H2,1H3,(H,6,8)(H,7,9);2*1H4;1H3;/q;-1;;;;-1/i;;;;;1+2/hT. The van der Waals surface area contributed by atoms with Crippen molar-refractivity contribution >= 4 is 47.1 Å². The van der Waals surface area contributed by atoms with Gasteiger partial charge in [0.25, 0.3) is 11.8 Å². The molecule has 0 aromatic carbocycles. The number of esters is 1. The average Bonchev–Trinajstić information content (AvgIpc) is 3.18. The maximum absolute atomic E-state index is 11.4. The number of hydrogen-bond acceptors (Lipinski definition) is 11. The zero-order chi connectivity index (χ0) is 23.6. The Labute approximate surface area is 193 Å². The normalized spacial score (nSPS) is 14.9. The van der Waals surface area contributed by atoms with Gasteiger partial charge >= 0.3 is 11.9 Å². The van der Waals surface area contributed by atoms with Gasteiger partial charge < -0.3 is 33.7 Å². The van der Waals surface area contributed by atoms with Crippen LogP contribution in [0.3, 0.4) is 0 Å². The molecule has 2 aliphatic rings. The van der Waals surface area contributed by atoms with Crippen LogP contribution in [0.2, 0.25) is 1.41 Å². The molecule has 4 amide bonds. The summed E-state index contributed by atoms with van der Waals surface area (Å²) in [5.74, 6) is -3.11. The number of Topliss-reactive ketones (excluding diaryl/α,β-unsaturated/α-hetero) is 2.